The van der Waals surface area contributed by atoms with Gasteiger partial charge in [0.2, 0.25) is 0 Å². The molecule has 0 rings (SSSR count). The molecule has 0 radical (unpaired) electrons. The Balaban J connectivity index is -0.000000200. The molecule has 0 aliphatic carbocycles. The highest BCUT2D eigenvalue weighted by Crippen LogP contribution is 1.89. The van der Waals surface area contributed by atoms with Crippen LogP contribution in [0.5, 0.6) is 0 Å². The summed E-state index contributed by atoms with van der Waals surface area (Å²) >= 11 is 0. The van der Waals surface area contributed by atoms with E-state index < -0.39 is 24.5 Å². The maximum atomic E-state index is 9.72. The van der Waals surface area contributed by atoms with Crippen LogP contribution >= 0.6 is 0 Å². The summed E-state index contributed by atoms with van der Waals surface area (Å²) in [6.45, 7) is 5.31. The Bertz CT molecular complexity index is 161. The summed E-state index contributed by atoms with van der Waals surface area (Å²) in [4.78, 5) is 19.4. The van der Waals surface area contributed by atoms with E-state index in [0.717, 1.165) is 13.1 Å². The lowest BCUT2D eigenvalue weighted by Crippen LogP contribution is -2.22. The van der Waals surface area contributed by atoms with Gasteiger partial charge in [0.1, 0.15) is 0 Å². The minimum Gasteiger partial charge on any atom is -0.481 e. The van der Waals surface area contributed by atoms with Crippen LogP contribution in [0.1, 0.15) is 20.3 Å². The molecule has 1 unspecified atom stereocenters. The van der Waals surface area contributed by atoms with E-state index in [0.29, 0.717) is 0 Å². The molecule has 0 heterocycles. The van der Waals surface area contributed by atoms with E-state index in [2.05, 4.69) is 0 Å². The van der Waals surface area contributed by atoms with Gasteiger partial charge in [-0.15, -0.1) is 0 Å². The normalized spacial score (nSPS) is 9.93. The third kappa shape index (κ3) is 32.3. The van der Waals surface area contributed by atoms with Gasteiger partial charge in [-0.05, 0) is 13.1 Å². The van der Waals surface area contributed by atoms with Crippen molar-refractivity contribution in [2.24, 2.45) is 11.5 Å². The largest absolute Gasteiger partial charge is 0.481 e. The Morgan fingerprint density at radius 2 is 1.40 bits per heavy atom. The van der Waals surface area contributed by atoms with Crippen LogP contribution in [0.15, 0.2) is 0 Å². The molecule has 0 amide bonds. The van der Waals surface area contributed by atoms with Crippen molar-refractivity contribution in [1.82, 2.24) is 0 Å². The van der Waals surface area contributed by atoms with Crippen LogP contribution in [0.2, 0.25) is 0 Å². The first kappa shape index (κ1) is 19.4. The van der Waals surface area contributed by atoms with E-state index in [1.54, 1.807) is 0 Å². The second-order valence-corrected chi connectivity index (χ2v) is 2.27. The fourth-order valence-electron chi connectivity index (χ4n) is 0.253. The second kappa shape index (κ2) is 15.3. The molecule has 0 fully saturated rings. The number of carboxylic acids is 2. The number of aliphatic hydroxyl groups excluding tert-OH is 1. The molecular formula is C8H20N2O5. The van der Waals surface area contributed by atoms with Crippen LogP contribution in [0.25, 0.3) is 0 Å². The molecule has 7 nitrogen and oxygen atoms in total. The third-order valence-electron chi connectivity index (χ3n) is 0.653. The molecule has 0 aromatic heterocycles. The molecule has 0 aliphatic heterocycles. The van der Waals surface area contributed by atoms with Gasteiger partial charge in [0.05, 0.1) is 6.42 Å². The molecule has 0 aromatic rings. The lowest BCUT2D eigenvalue weighted by atomic mass is 10.3. The van der Waals surface area contributed by atoms with Crippen LogP contribution < -0.4 is 11.5 Å². The maximum absolute atomic E-state index is 9.72. The number of aliphatic hydroxyl groups is 1. The second-order valence-electron chi connectivity index (χ2n) is 2.27. The molecule has 92 valence electrons. The van der Waals surface area contributed by atoms with E-state index in [1.807, 2.05) is 13.8 Å². The van der Waals surface area contributed by atoms with Crippen LogP contribution in [0.3, 0.4) is 0 Å². The molecule has 0 aliphatic rings. The Labute approximate surface area is 88.7 Å². The van der Waals surface area contributed by atoms with Gasteiger partial charge in [0.15, 0.2) is 6.10 Å². The molecule has 7 heteroatoms. The van der Waals surface area contributed by atoms with Crippen molar-refractivity contribution < 1.29 is 24.9 Å². The van der Waals surface area contributed by atoms with E-state index in [1.165, 1.54) is 0 Å². The molecule has 1 atom stereocenters. The standard InChI is InChI=1S/C4H6O5.2C2H7N/c5-2(4(8)9)1-3(6)7;2*1-2-3/h2,5H,1H2,(H,6,7)(H,8,9);2*2-3H2,1H3. The molecule has 0 saturated heterocycles. The van der Waals surface area contributed by atoms with Crippen molar-refractivity contribution in [2.75, 3.05) is 13.1 Å². The summed E-state index contributed by atoms with van der Waals surface area (Å²) in [7, 11) is 0. The molecule has 0 spiro atoms. The lowest BCUT2D eigenvalue weighted by molar-refractivity contribution is -0.152. The Morgan fingerprint density at radius 1 is 1.13 bits per heavy atom. The minimum absolute atomic E-state index is 0.750. The number of rotatable bonds is 3. The van der Waals surface area contributed by atoms with E-state index in [4.69, 9.17) is 26.8 Å². The molecule has 0 saturated carbocycles. The highest BCUT2D eigenvalue weighted by atomic mass is 16.4. The van der Waals surface area contributed by atoms with Gasteiger partial charge in [-0.2, -0.15) is 0 Å². The monoisotopic (exact) mass is 224 g/mol. The van der Waals surface area contributed by atoms with Gasteiger partial charge in [-0.25, -0.2) is 4.79 Å². The zero-order valence-corrected chi connectivity index (χ0v) is 9.01. The van der Waals surface area contributed by atoms with Gasteiger partial charge < -0.3 is 26.8 Å². The highest BCUT2D eigenvalue weighted by Gasteiger charge is 2.16. The molecule has 0 bridgehead atoms. The Hall–Kier alpha value is -1.18. The predicted octanol–water partition coefficient (Wildman–Crippen LogP) is -1.16. The first-order chi connectivity index (χ1) is 6.87. The van der Waals surface area contributed by atoms with Crippen molar-refractivity contribution in [3.05, 3.63) is 0 Å². The Kier molecular flexibility index (Phi) is 19.8. The quantitative estimate of drug-likeness (QED) is 0.406. The van der Waals surface area contributed by atoms with Crippen LogP contribution in [-0.4, -0.2) is 46.5 Å². The van der Waals surface area contributed by atoms with Crippen LogP contribution in [0, 0.1) is 0 Å². The number of carbonyl (C=O) groups is 2. The van der Waals surface area contributed by atoms with Crippen LogP contribution in [0.4, 0.5) is 0 Å². The topological polar surface area (TPSA) is 147 Å². The summed E-state index contributed by atoms with van der Waals surface area (Å²) in [5.74, 6) is -2.85. The SMILES string of the molecule is CCN.CCN.O=C(O)CC(O)C(=O)O. The number of nitrogens with two attached hydrogens (primary N) is 2. The van der Waals surface area contributed by atoms with Gasteiger partial charge >= 0.3 is 11.9 Å². The summed E-state index contributed by atoms with van der Waals surface area (Å²) < 4.78 is 0. The zero-order chi connectivity index (χ0) is 12.9. The van der Waals surface area contributed by atoms with Gasteiger partial charge in [0, 0.05) is 0 Å². The summed E-state index contributed by atoms with van der Waals surface area (Å²) in [5, 5.41) is 24.1. The van der Waals surface area contributed by atoms with Crippen molar-refractivity contribution in [2.45, 2.75) is 26.4 Å². The van der Waals surface area contributed by atoms with Crippen molar-refractivity contribution >= 4 is 11.9 Å². The number of hydrogen-bond donors (Lipinski definition) is 5. The molecule has 7 N–H and O–H groups in total. The lowest BCUT2D eigenvalue weighted by Gasteiger charge is -1.97. The maximum Gasteiger partial charge on any atom is 0.333 e. The minimum atomic E-state index is -1.79. The van der Waals surface area contributed by atoms with Crippen molar-refractivity contribution in [3.8, 4) is 0 Å². The molecule has 0 aromatic carbocycles. The van der Waals surface area contributed by atoms with E-state index >= 15 is 0 Å². The summed E-state index contributed by atoms with van der Waals surface area (Å²) in [6, 6.07) is 0. The highest BCUT2D eigenvalue weighted by molar-refractivity contribution is 5.79. The third-order valence-corrected chi connectivity index (χ3v) is 0.653. The van der Waals surface area contributed by atoms with Gasteiger partial charge in [-0.3, -0.25) is 4.79 Å². The zero-order valence-electron chi connectivity index (χ0n) is 9.01. The Morgan fingerprint density at radius 3 is 1.47 bits per heavy atom. The first-order valence-corrected chi connectivity index (χ1v) is 4.39. The first-order valence-electron chi connectivity index (χ1n) is 4.39. The van der Waals surface area contributed by atoms with Crippen molar-refractivity contribution in [1.29, 1.82) is 0 Å². The fraction of sp³-hybridized carbons (Fsp3) is 0.750. The van der Waals surface area contributed by atoms with Gasteiger partial charge in [0.25, 0.3) is 0 Å². The van der Waals surface area contributed by atoms with Crippen molar-refractivity contribution in [3.63, 3.8) is 0 Å². The number of carboxylic acid groups (broad SMARTS) is 2. The predicted molar refractivity (Wildman–Crippen MR) is 55.4 cm³/mol. The summed E-state index contributed by atoms with van der Waals surface area (Å²) in [5.41, 5.74) is 9.69. The smallest absolute Gasteiger partial charge is 0.333 e. The van der Waals surface area contributed by atoms with E-state index in [9.17, 15) is 9.59 Å². The van der Waals surface area contributed by atoms with Gasteiger partial charge in [-0.1, -0.05) is 13.8 Å². The fourth-order valence-corrected chi connectivity index (χ4v) is 0.253. The molecule has 15 heavy (non-hydrogen) atoms. The average molecular weight is 224 g/mol. The number of hydrogen-bond acceptors (Lipinski definition) is 5. The van der Waals surface area contributed by atoms with Crippen LogP contribution in [-0.2, 0) is 9.59 Å². The summed E-state index contributed by atoms with van der Waals surface area (Å²) in [6.07, 6.45) is -2.54. The average Bonchev–Trinajstić information content (AvgIpc) is 2.05. The number of aliphatic carboxylic acids is 2. The molecular weight excluding hydrogens is 204 g/mol. The van der Waals surface area contributed by atoms with E-state index in [-0.39, 0.29) is 0 Å².